The number of aromatic nitrogens is 4. The van der Waals surface area contributed by atoms with Crippen molar-refractivity contribution >= 4 is 21.8 Å². The third-order valence-electron chi connectivity index (χ3n) is 3.99. The Morgan fingerprint density at radius 2 is 1.91 bits per heavy atom. The Morgan fingerprint density at radius 1 is 1.22 bits per heavy atom. The van der Waals surface area contributed by atoms with Gasteiger partial charge in [0.25, 0.3) is 5.91 Å². The summed E-state index contributed by atoms with van der Waals surface area (Å²) in [5.41, 5.74) is 0.364. The molecule has 2 aromatic rings. The van der Waals surface area contributed by atoms with E-state index in [1.807, 2.05) is 4.90 Å². The van der Waals surface area contributed by atoms with Crippen molar-refractivity contribution in [2.45, 2.75) is 25.9 Å². The van der Waals surface area contributed by atoms with E-state index in [1.54, 1.807) is 29.2 Å². The summed E-state index contributed by atoms with van der Waals surface area (Å²) in [5, 5.41) is 12.4. The maximum Gasteiger partial charge on any atom is 0.274 e. The quantitative estimate of drug-likeness (QED) is 0.793. The molecule has 122 valence electrons. The number of nitrogens with zero attached hydrogens (tertiary/aromatic N) is 6. The van der Waals surface area contributed by atoms with Gasteiger partial charge < -0.3 is 9.80 Å². The normalized spacial score (nSPS) is 22.3. The molecule has 2 atom stereocenters. The van der Waals surface area contributed by atoms with Crippen molar-refractivity contribution < 1.29 is 4.79 Å². The van der Waals surface area contributed by atoms with Gasteiger partial charge in [0.2, 0.25) is 0 Å². The van der Waals surface area contributed by atoms with Gasteiger partial charge in [-0.15, -0.1) is 10.2 Å². The second kappa shape index (κ2) is 6.37. The van der Waals surface area contributed by atoms with E-state index in [9.17, 15) is 4.79 Å². The number of carbonyl (C=O) groups is 1. The summed E-state index contributed by atoms with van der Waals surface area (Å²) in [4.78, 5) is 16.9. The number of hydrogen-bond acceptors (Lipinski definition) is 5. The van der Waals surface area contributed by atoms with Gasteiger partial charge in [0.05, 0.1) is 10.7 Å². The van der Waals surface area contributed by atoms with Crippen molar-refractivity contribution in [1.29, 1.82) is 0 Å². The van der Waals surface area contributed by atoms with Crippen LogP contribution < -0.4 is 0 Å². The van der Waals surface area contributed by atoms with Gasteiger partial charge in [0.15, 0.2) is 11.5 Å². The van der Waals surface area contributed by atoms with E-state index in [1.165, 1.54) is 0 Å². The van der Waals surface area contributed by atoms with Crippen LogP contribution in [-0.4, -0.2) is 67.9 Å². The fourth-order valence-electron chi connectivity index (χ4n) is 3.11. The molecule has 0 radical (unpaired) electrons. The van der Waals surface area contributed by atoms with Crippen molar-refractivity contribution in [1.82, 2.24) is 29.8 Å². The van der Waals surface area contributed by atoms with E-state index in [-0.39, 0.29) is 18.0 Å². The monoisotopic (exact) mass is 378 g/mol. The van der Waals surface area contributed by atoms with Crippen molar-refractivity contribution in [2.24, 2.45) is 0 Å². The number of amides is 1. The molecule has 2 unspecified atom stereocenters. The van der Waals surface area contributed by atoms with Gasteiger partial charge in [0, 0.05) is 31.4 Å². The smallest absolute Gasteiger partial charge is 0.274 e. The maximum absolute atomic E-state index is 12.8. The molecule has 0 aliphatic carbocycles. The molecular weight excluding hydrogens is 360 g/mol. The summed E-state index contributed by atoms with van der Waals surface area (Å²) < 4.78 is 2.46. The van der Waals surface area contributed by atoms with E-state index in [2.05, 4.69) is 57.0 Å². The topological polar surface area (TPSA) is 67.2 Å². The molecule has 3 rings (SSSR count). The Hall–Kier alpha value is -1.80. The van der Waals surface area contributed by atoms with Crippen LogP contribution >= 0.6 is 15.9 Å². The summed E-state index contributed by atoms with van der Waals surface area (Å²) in [5.74, 6) is 0.505. The third-order valence-corrected chi connectivity index (χ3v) is 4.40. The van der Waals surface area contributed by atoms with Gasteiger partial charge in [-0.3, -0.25) is 4.79 Å². The molecule has 0 spiro atoms. The Labute approximate surface area is 143 Å². The van der Waals surface area contributed by atoms with Crippen LogP contribution in [0.5, 0.6) is 0 Å². The summed E-state index contributed by atoms with van der Waals surface area (Å²) in [6, 6.07) is 3.77. The minimum absolute atomic E-state index is 0.0706. The van der Waals surface area contributed by atoms with Crippen molar-refractivity contribution in [3.63, 3.8) is 0 Å². The molecule has 0 saturated carbocycles. The lowest BCUT2D eigenvalue weighted by atomic mass is 10.1. The van der Waals surface area contributed by atoms with Crippen LogP contribution in [0.4, 0.5) is 0 Å². The fraction of sp³-hybridized carbons (Fsp3) is 0.467. The van der Waals surface area contributed by atoms with E-state index in [4.69, 9.17) is 0 Å². The lowest BCUT2D eigenvalue weighted by Gasteiger charge is -2.42. The Bertz CT molecular complexity index is 688. The molecule has 23 heavy (non-hydrogen) atoms. The first-order valence-corrected chi connectivity index (χ1v) is 8.30. The summed E-state index contributed by atoms with van der Waals surface area (Å²) in [7, 11) is 2.08. The molecule has 7 nitrogen and oxygen atoms in total. The van der Waals surface area contributed by atoms with Crippen LogP contribution in [0.15, 0.2) is 29.0 Å². The lowest BCUT2D eigenvalue weighted by molar-refractivity contribution is 0.0344. The predicted molar refractivity (Wildman–Crippen MR) is 89.4 cm³/mol. The molecule has 1 aliphatic heterocycles. The minimum atomic E-state index is -0.0706. The third kappa shape index (κ3) is 3.28. The van der Waals surface area contributed by atoms with E-state index >= 15 is 0 Å². The number of carbonyl (C=O) groups excluding carboxylic acids is 1. The molecule has 3 heterocycles. The van der Waals surface area contributed by atoms with E-state index in [0.29, 0.717) is 11.5 Å². The van der Waals surface area contributed by atoms with Gasteiger partial charge in [-0.1, -0.05) is 0 Å². The zero-order valence-electron chi connectivity index (χ0n) is 13.3. The number of likely N-dealkylation sites (N-methyl/N-ethyl adjacent to an activating group) is 1. The number of piperazine rings is 1. The molecule has 8 heteroatoms. The molecule has 1 saturated heterocycles. The summed E-state index contributed by atoms with van der Waals surface area (Å²) >= 11 is 3.34. The fourth-order valence-corrected chi connectivity index (χ4v) is 3.39. The van der Waals surface area contributed by atoms with Gasteiger partial charge in [-0.2, -0.15) is 5.10 Å². The van der Waals surface area contributed by atoms with Crippen molar-refractivity contribution in [2.75, 3.05) is 20.1 Å². The Balaban J connectivity index is 1.80. The van der Waals surface area contributed by atoms with Crippen LogP contribution in [0.1, 0.15) is 24.3 Å². The predicted octanol–water partition coefficient (Wildman–Crippen LogP) is 1.59. The first-order valence-electron chi connectivity index (χ1n) is 7.51. The van der Waals surface area contributed by atoms with Crippen LogP contribution in [-0.2, 0) is 0 Å². The largest absolute Gasteiger partial charge is 0.329 e. The first-order chi connectivity index (χ1) is 11.0. The van der Waals surface area contributed by atoms with Gasteiger partial charge >= 0.3 is 0 Å². The second-order valence-corrected chi connectivity index (χ2v) is 6.93. The number of hydrogen-bond donors (Lipinski definition) is 0. The zero-order valence-corrected chi connectivity index (χ0v) is 14.9. The average molecular weight is 379 g/mol. The molecule has 1 aliphatic rings. The highest BCUT2D eigenvalue weighted by atomic mass is 79.9. The minimum Gasteiger partial charge on any atom is -0.329 e. The second-order valence-electron chi connectivity index (χ2n) is 6.01. The Morgan fingerprint density at radius 3 is 2.43 bits per heavy atom. The van der Waals surface area contributed by atoms with Crippen LogP contribution in [0.2, 0.25) is 0 Å². The van der Waals surface area contributed by atoms with Gasteiger partial charge in [0.1, 0.15) is 0 Å². The molecule has 0 N–H and O–H groups in total. The Kier molecular flexibility index (Phi) is 4.45. The van der Waals surface area contributed by atoms with Gasteiger partial charge in [-0.25, -0.2) is 4.68 Å². The maximum atomic E-state index is 12.8. The standard InChI is InChI=1S/C15H19BrN6O/c1-10-7-20(3)8-11(2)22(10)15(23)13-4-5-14(19-18-13)21-9-12(16)6-17-21/h4-6,9-11H,7-8H2,1-3H3. The highest BCUT2D eigenvalue weighted by Crippen LogP contribution is 2.17. The van der Waals surface area contributed by atoms with Gasteiger partial charge in [-0.05, 0) is 49.0 Å². The average Bonchev–Trinajstić information content (AvgIpc) is 2.93. The number of halogens is 1. The summed E-state index contributed by atoms with van der Waals surface area (Å²) in [6.07, 6.45) is 3.46. The van der Waals surface area contributed by atoms with Crippen molar-refractivity contribution in [3.8, 4) is 5.82 Å². The summed E-state index contributed by atoms with van der Waals surface area (Å²) in [6.45, 7) is 5.85. The lowest BCUT2D eigenvalue weighted by Crippen LogP contribution is -2.57. The van der Waals surface area contributed by atoms with Crippen LogP contribution in [0.3, 0.4) is 0 Å². The van der Waals surface area contributed by atoms with Crippen LogP contribution in [0.25, 0.3) is 5.82 Å². The molecule has 1 fully saturated rings. The number of rotatable bonds is 2. The molecule has 1 amide bonds. The van der Waals surface area contributed by atoms with E-state index < -0.39 is 0 Å². The van der Waals surface area contributed by atoms with Crippen molar-refractivity contribution in [3.05, 3.63) is 34.7 Å². The molecule has 0 aromatic carbocycles. The van der Waals surface area contributed by atoms with E-state index in [0.717, 1.165) is 17.6 Å². The van der Waals surface area contributed by atoms with Crippen LogP contribution in [0, 0.1) is 0 Å². The molecule has 0 bridgehead atoms. The molecule has 2 aromatic heterocycles. The highest BCUT2D eigenvalue weighted by Gasteiger charge is 2.32. The molecular formula is C15H19BrN6O. The SMILES string of the molecule is CC1CN(C)CC(C)N1C(=O)c1ccc(-n2cc(Br)cn2)nn1. The first kappa shape index (κ1) is 16.1. The zero-order chi connectivity index (χ0) is 16.6. The highest BCUT2D eigenvalue weighted by molar-refractivity contribution is 9.10.